The van der Waals surface area contributed by atoms with Crippen LogP contribution in [-0.4, -0.2) is 55.7 Å². The molecule has 2 heterocycles. The number of amides is 1. The maximum absolute atomic E-state index is 12.0. The lowest BCUT2D eigenvalue weighted by molar-refractivity contribution is -0.124. The fourth-order valence-corrected chi connectivity index (χ4v) is 2.66. The van der Waals surface area contributed by atoms with Crippen molar-refractivity contribution in [3.63, 3.8) is 0 Å². The predicted molar refractivity (Wildman–Crippen MR) is 70.2 cm³/mol. The molecule has 5 heteroatoms. The number of nitrogens with zero attached hydrogens (tertiary/aromatic N) is 1. The smallest absolute Gasteiger partial charge is 0.234 e. The normalized spacial score (nSPS) is 31.2. The molecule has 0 radical (unpaired) electrons. The van der Waals surface area contributed by atoms with E-state index in [2.05, 4.69) is 17.1 Å². The number of nitrogens with two attached hydrogens (primary N) is 1. The van der Waals surface area contributed by atoms with Gasteiger partial charge in [-0.25, -0.2) is 0 Å². The van der Waals surface area contributed by atoms with Crippen molar-refractivity contribution in [2.75, 3.05) is 32.8 Å². The first kappa shape index (κ1) is 13.8. The van der Waals surface area contributed by atoms with Crippen molar-refractivity contribution in [2.24, 2.45) is 11.7 Å². The molecule has 0 saturated carbocycles. The van der Waals surface area contributed by atoms with Crippen LogP contribution in [-0.2, 0) is 9.53 Å². The van der Waals surface area contributed by atoms with E-state index in [1.165, 1.54) is 0 Å². The van der Waals surface area contributed by atoms with Crippen LogP contribution in [0.2, 0.25) is 0 Å². The second-order valence-corrected chi connectivity index (χ2v) is 5.63. The Morgan fingerprint density at radius 3 is 2.78 bits per heavy atom. The Labute approximate surface area is 109 Å². The summed E-state index contributed by atoms with van der Waals surface area (Å²) in [5, 5.41) is 3.14. The Bertz CT molecular complexity index is 277. The highest BCUT2D eigenvalue weighted by Crippen LogP contribution is 2.14. The van der Waals surface area contributed by atoms with Crippen molar-refractivity contribution < 1.29 is 9.53 Å². The van der Waals surface area contributed by atoms with Gasteiger partial charge in [0.2, 0.25) is 5.91 Å². The number of carbonyl (C=O) groups is 1. The van der Waals surface area contributed by atoms with Gasteiger partial charge in [-0.05, 0) is 25.2 Å². The maximum Gasteiger partial charge on any atom is 0.234 e. The molecule has 0 aromatic heterocycles. The van der Waals surface area contributed by atoms with Crippen LogP contribution >= 0.6 is 0 Å². The molecule has 0 aromatic carbocycles. The molecular weight excluding hydrogens is 230 g/mol. The average Bonchev–Trinajstić information content (AvgIpc) is 2.35. The summed E-state index contributed by atoms with van der Waals surface area (Å²) in [5.74, 6) is 0.557. The Morgan fingerprint density at radius 1 is 1.39 bits per heavy atom. The molecule has 3 N–H and O–H groups in total. The van der Waals surface area contributed by atoms with E-state index < -0.39 is 0 Å². The predicted octanol–water partition coefficient (Wildman–Crippen LogP) is -0.0493. The first-order chi connectivity index (χ1) is 8.65. The number of hydrogen-bond donors (Lipinski definition) is 2. The molecule has 2 aliphatic rings. The number of piperidine rings is 1. The highest BCUT2D eigenvalue weighted by Gasteiger charge is 2.24. The van der Waals surface area contributed by atoms with Gasteiger partial charge in [0.05, 0.1) is 13.2 Å². The summed E-state index contributed by atoms with van der Waals surface area (Å²) in [4.78, 5) is 14.2. The van der Waals surface area contributed by atoms with E-state index in [1.54, 1.807) is 0 Å². The van der Waals surface area contributed by atoms with Crippen molar-refractivity contribution in [3.8, 4) is 0 Å². The largest absolute Gasteiger partial charge is 0.381 e. The standard InChI is InChI=1S/C13H25N3O2/c1-10-9-18-7-4-12(10)15-13(17)8-16-5-2-11(14)3-6-16/h10-12H,2-9,14H2,1H3,(H,15,17). The van der Waals surface area contributed by atoms with E-state index in [9.17, 15) is 4.79 Å². The third-order valence-corrected chi connectivity index (χ3v) is 3.99. The van der Waals surface area contributed by atoms with Crippen molar-refractivity contribution in [1.29, 1.82) is 0 Å². The molecule has 104 valence electrons. The van der Waals surface area contributed by atoms with Gasteiger partial charge >= 0.3 is 0 Å². The molecule has 18 heavy (non-hydrogen) atoms. The van der Waals surface area contributed by atoms with Crippen LogP contribution in [0.3, 0.4) is 0 Å². The van der Waals surface area contributed by atoms with E-state index in [0.717, 1.165) is 45.6 Å². The molecule has 2 unspecified atom stereocenters. The van der Waals surface area contributed by atoms with Crippen LogP contribution in [0, 0.1) is 5.92 Å². The van der Waals surface area contributed by atoms with Gasteiger partial charge in [0.25, 0.3) is 0 Å². The second-order valence-electron chi connectivity index (χ2n) is 5.63. The average molecular weight is 255 g/mol. The van der Waals surface area contributed by atoms with Crippen LogP contribution in [0.4, 0.5) is 0 Å². The molecule has 2 rings (SSSR count). The monoisotopic (exact) mass is 255 g/mol. The maximum atomic E-state index is 12.0. The van der Waals surface area contributed by atoms with Gasteiger partial charge in [0, 0.05) is 31.8 Å². The fourth-order valence-electron chi connectivity index (χ4n) is 2.66. The lowest BCUT2D eigenvalue weighted by Crippen LogP contribution is -2.49. The first-order valence-electron chi connectivity index (χ1n) is 7.00. The Hall–Kier alpha value is -0.650. The summed E-state index contributed by atoms with van der Waals surface area (Å²) in [7, 11) is 0. The van der Waals surface area contributed by atoms with Gasteiger partial charge in [-0.2, -0.15) is 0 Å². The number of nitrogens with one attached hydrogen (secondary N) is 1. The van der Waals surface area contributed by atoms with E-state index in [4.69, 9.17) is 10.5 Å². The lowest BCUT2D eigenvalue weighted by Gasteiger charge is -2.32. The van der Waals surface area contributed by atoms with Crippen LogP contribution < -0.4 is 11.1 Å². The van der Waals surface area contributed by atoms with Crippen molar-refractivity contribution in [3.05, 3.63) is 0 Å². The zero-order valence-corrected chi connectivity index (χ0v) is 11.2. The third kappa shape index (κ3) is 3.93. The van der Waals surface area contributed by atoms with Gasteiger partial charge in [-0.15, -0.1) is 0 Å². The summed E-state index contributed by atoms with van der Waals surface area (Å²) in [6.07, 6.45) is 2.93. The topological polar surface area (TPSA) is 67.6 Å². The lowest BCUT2D eigenvalue weighted by atomic mass is 9.98. The minimum absolute atomic E-state index is 0.143. The Balaban J connectivity index is 1.71. The zero-order valence-electron chi connectivity index (χ0n) is 11.2. The summed E-state index contributed by atoms with van der Waals surface area (Å²) in [6.45, 7) is 6.04. The minimum atomic E-state index is 0.143. The van der Waals surface area contributed by atoms with Crippen molar-refractivity contribution in [2.45, 2.75) is 38.3 Å². The SMILES string of the molecule is CC1COCCC1NC(=O)CN1CCC(N)CC1. The highest BCUT2D eigenvalue weighted by molar-refractivity contribution is 5.78. The number of rotatable bonds is 3. The third-order valence-electron chi connectivity index (χ3n) is 3.99. The van der Waals surface area contributed by atoms with Crippen LogP contribution in [0.15, 0.2) is 0 Å². The summed E-state index contributed by atoms with van der Waals surface area (Å²) >= 11 is 0. The zero-order chi connectivity index (χ0) is 13.0. The molecule has 0 spiro atoms. The van der Waals surface area contributed by atoms with E-state index >= 15 is 0 Å². The summed E-state index contributed by atoms with van der Waals surface area (Å²) < 4.78 is 5.38. The number of likely N-dealkylation sites (tertiary alicyclic amines) is 1. The number of hydrogen-bond acceptors (Lipinski definition) is 4. The molecule has 5 nitrogen and oxygen atoms in total. The van der Waals surface area contributed by atoms with E-state index in [1.807, 2.05) is 0 Å². The van der Waals surface area contributed by atoms with Gasteiger partial charge in [0.1, 0.15) is 0 Å². The van der Waals surface area contributed by atoms with Crippen LogP contribution in [0.1, 0.15) is 26.2 Å². The fraction of sp³-hybridized carbons (Fsp3) is 0.923. The molecule has 2 saturated heterocycles. The van der Waals surface area contributed by atoms with E-state index in [0.29, 0.717) is 18.5 Å². The van der Waals surface area contributed by atoms with Crippen LogP contribution in [0.5, 0.6) is 0 Å². The number of carbonyl (C=O) groups excluding carboxylic acids is 1. The number of ether oxygens (including phenoxy) is 1. The van der Waals surface area contributed by atoms with Gasteiger partial charge < -0.3 is 15.8 Å². The first-order valence-corrected chi connectivity index (χ1v) is 7.00. The van der Waals surface area contributed by atoms with Crippen molar-refractivity contribution >= 4 is 5.91 Å². The Morgan fingerprint density at radius 2 is 2.11 bits per heavy atom. The molecule has 2 aliphatic heterocycles. The molecule has 1 amide bonds. The summed E-state index contributed by atoms with van der Waals surface area (Å²) in [5.41, 5.74) is 5.85. The Kier molecular flexibility index (Phi) is 4.97. The quantitative estimate of drug-likeness (QED) is 0.742. The van der Waals surface area contributed by atoms with Crippen molar-refractivity contribution in [1.82, 2.24) is 10.2 Å². The van der Waals surface area contributed by atoms with Gasteiger partial charge in [-0.1, -0.05) is 6.92 Å². The minimum Gasteiger partial charge on any atom is -0.381 e. The van der Waals surface area contributed by atoms with Gasteiger partial charge in [-0.3, -0.25) is 9.69 Å². The van der Waals surface area contributed by atoms with Gasteiger partial charge in [0.15, 0.2) is 0 Å². The van der Waals surface area contributed by atoms with Crippen LogP contribution in [0.25, 0.3) is 0 Å². The molecular formula is C13H25N3O2. The summed E-state index contributed by atoms with van der Waals surface area (Å²) in [6, 6.07) is 0.595. The highest BCUT2D eigenvalue weighted by atomic mass is 16.5. The molecule has 0 bridgehead atoms. The molecule has 2 fully saturated rings. The second kappa shape index (κ2) is 6.50. The molecule has 0 aromatic rings. The van der Waals surface area contributed by atoms with E-state index in [-0.39, 0.29) is 11.9 Å². The molecule has 2 atom stereocenters. The molecule has 0 aliphatic carbocycles.